The zero-order valence-electron chi connectivity index (χ0n) is 15.4. The van der Waals surface area contributed by atoms with Gasteiger partial charge < -0.3 is 15.4 Å². The van der Waals surface area contributed by atoms with Crippen molar-refractivity contribution in [3.8, 4) is 0 Å². The summed E-state index contributed by atoms with van der Waals surface area (Å²) in [6, 6.07) is 0.591. The van der Waals surface area contributed by atoms with E-state index in [1.807, 2.05) is 20.8 Å². The molecule has 0 heterocycles. The minimum atomic E-state index is -0.430. The first-order valence-electron chi connectivity index (χ1n) is 8.78. The molecule has 1 amide bonds. The van der Waals surface area contributed by atoms with E-state index in [-0.39, 0.29) is 6.09 Å². The van der Waals surface area contributed by atoms with Crippen LogP contribution >= 0.6 is 0 Å². The van der Waals surface area contributed by atoms with Crippen LogP contribution in [-0.4, -0.2) is 30.8 Å². The highest BCUT2D eigenvalue weighted by Gasteiger charge is 2.27. The van der Waals surface area contributed by atoms with Gasteiger partial charge in [0.2, 0.25) is 0 Å². The van der Waals surface area contributed by atoms with Gasteiger partial charge in [-0.2, -0.15) is 0 Å². The van der Waals surface area contributed by atoms with E-state index in [9.17, 15) is 4.79 Å². The fourth-order valence-corrected chi connectivity index (χ4v) is 3.13. The Morgan fingerprint density at radius 1 is 1.00 bits per heavy atom. The molecule has 1 aliphatic rings. The summed E-state index contributed by atoms with van der Waals surface area (Å²) in [5, 5.41) is 6.39. The van der Waals surface area contributed by atoms with Crippen molar-refractivity contribution in [3.63, 3.8) is 0 Å². The highest BCUT2D eigenvalue weighted by atomic mass is 16.6. The standard InChI is InChI=1S/C18H36N2O2/c1-17(2,3)14-8-7-9-15(11-10-14)19-12-13-20-16(21)22-18(4,5)6/h14-15,19H,7-13H2,1-6H3,(H,20,21). The Balaban J connectivity index is 2.19. The highest BCUT2D eigenvalue weighted by molar-refractivity contribution is 5.67. The lowest BCUT2D eigenvalue weighted by atomic mass is 9.76. The van der Waals surface area contributed by atoms with Crippen molar-refractivity contribution in [2.75, 3.05) is 13.1 Å². The van der Waals surface area contributed by atoms with Gasteiger partial charge in [-0.15, -0.1) is 0 Å². The van der Waals surface area contributed by atoms with Gasteiger partial charge in [-0.1, -0.05) is 27.2 Å². The first-order chi connectivity index (χ1) is 10.1. The minimum absolute atomic E-state index is 0.331. The molecule has 0 aliphatic heterocycles. The molecular formula is C18H36N2O2. The molecule has 1 aliphatic carbocycles. The van der Waals surface area contributed by atoms with E-state index in [1.54, 1.807) is 0 Å². The van der Waals surface area contributed by atoms with E-state index in [1.165, 1.54) is 32.1 Å². The molecule has 4 nitrogen and oxygen atoms in total. The van der Waals surface area contributed by atoms with Crippen LogP contribution in [-0.2, 0) is 4.74 Å². The van der Waals surface area contributed by atoms with E-state index in [4.69, 9.17) is 4.74 Å². The Morgan fingerprint density at radius 2 is 1.68 bits per heavy atom. The van der Waals surface area contributed by atoms with Crippen LogP contribution in [0.3, 0.4) is 0 Å². The zero-order valence-corrected chi connectivity index (χ0v) is 15.4. The zero-order chi connectivity index (χ0) is 16.8. The third-order valence-corrected chi connectivity index (χ3v) is 4.42. The first-order valence-corrected chi connectivity index (χ1v) is 8.78. The van der Waals surface area contributed by atoms with E-state index in [0.717, 1.165) is 12.5 Å². The van der Waals surface area contributed by atoms with Gasteiger partial charge in [-0.25, -0.2) is 4.79 Å². The highest BCUT2D eigenvalue weighted by Crippen LogP contribution is 2.36. The lowest BCUT2D eigenvalue weighted by molar-refractivity contribution is 0.0528. The molecular weight excluding hydrogens is 276 g/mol. The fraction of sp³-hybridized carbons (Fsp3) is 0.944. The molecule has 2 unspecified atom stereocenters. The topological polar surface area (TPSA) is 50.4 Å². The normalized spacial score (nSPS) is 23.7. The van der Waals surface area contributed by atoms with Crippen LogP contribution in [0.1, 0.15) is 73.6 Å². The average Bonchev–Trinajstić information content (AvgIpc) is 2.57. The second-order valence-electron chi connectivity index (χ2n) is 8.65. The van der Waals surface area contributed by atoms with Gasteiger partial charge >= 0.3 is 6.09 Å². The first kappa shape index (κ1) is 19.3. The molecule has 0 radical (unpaired) electrons. The number of ether oxygens (including phenoxy) is 1. The smallest absolute Gasteiger partial charge is 0.407 e. The number of amides is 1. The number of nitrogens with one attached hydrogen (secondary N) is 2. The molecule has 0 bridgehead atoms. The summed E-state index contributed by atoms with van der Waals surface area (Å²) in [4.78, 5) is 11.6. The summed E-state index contributed by atoms with van der Waals surface area (Å²) >= 11 is 0. The van der Waals surface area contributed by atoms with Gasteiger partial charge in [0.1, 0.15) is 5.60 Å². The van der Waals surface area contributed by atoms with Crippen LogP contribution in [0.2, 0.25) is 0 Å². The maximum absolute atomic E-state index is 11.6. The van der Waals surface area contributed by atoms with Gasteiger partial charge in [0, 0.05) is 19.1 Å². The summed E-state index contributed by atoms with van der Waals surface area (Å²) in [6.45, 7) is 14.1. The quantitative estimate of drug-likeness (QED) is 0.607. The number of rotatable bonds is 4. The summed E-state index contributed by atoms with van der Waals surface area (Å²) in [6.07, 6.45) is 6.12. The van der Waals surface area contributed by atoms with Crippen LogP contribution in [0.15, 0.2) is 0 Å². The van der Waals surface area contributed by atoms with Crippen molar-refractivity contribution in [2.24, 2.45) is 11.3 Å². The second-order valence-corrected chi connectivity index (χ2v) is 8.65. The van der Waals surface area contributed by atoms with Crippen molar-refractivity contribution >= 4 is 6.09 Å². The number of carbonyl (C=O) groups excluding carboxylic acids is 1. The van der Waals surface area contributed by atoms with E-state index >= 15 is 0 Å². The lowest BCUT2D eigenvalue weighted by Gasteiger charge is -2.29. The van der Waals surface area contributed by atoms with Crippen LogP contribution in [0.4, 0.5) is 4.79 Å². The van der Waals surface area contributed by atoms with Gasteiger partial charge in [0.15, 0.2) is 0 Å². The lowest BCUT2D eigenvalue weighted by Crippen LogP contribution is -2.39. The number of hydrogen-bond donors (Lipinski definition) is 2. The minimum Gasteiger partial charge on any atom is -0.444 e. The van der Waals surface area contributed by atoms with Crippen molar-refractivity contribution in [1.29, 1.82) is 0 Å². The molecule has 4 heteroatoms. The number of carbonyl (C=O) groups is 1. The molecule has 0 spiro atoms. The van der Waals surface area contributed by atoms with Crippen molar-refractivity contribution < 1.29 is 9.53 Å². The molecule has 0 saturated heterocycles. The van der Waals surface area contributed by atoms with E-state index in [2.05, 4.69) is 31.4 Å². The molecule has 2 atom stereocenters. The fourth-order valence-electron chi connectivity index (χ4n) is 3.13. The molecule has 1 rings (SSSR count). The maximum atomic E-state index is 11.6. The molecule has 22 heavy (non-hydrogen) atoms. The van der Waals surface area contributed by atoms with Crippen LogP contribution in [0.5, 0.6) is 0 Å². The van der Waals surface area contributed by atoms with Gasteiger partial charge in [0.05, 0.1) is 0 Å². The molecule has 130 valence electrons. The van der Waals surface area contributed by atoms with Gasteiger partial charge in [-0.05, 0) is 57.8 Å². The van der Waals surface area contributed by atoms with Crippen LogP contribution < -0.4 is 10.6 Å². The molecule has 1 fully saturated rings. The largest absolute Gasteiger partial charge is 0.444 e. The average molecular weight is 312 g/mol. The van der Waals surface area contributed by atoms with E-state index in [0.29, 0.717) is 18.0 Å². The molecule has 1 saturated carbocycles. The Morgan fingerprint density at radius 3 is 2.27 bits per heavy atom. The van der Waals surface area contributed by atoms with Crippen molar-refractivity contribution in [2.45, 2.75) is 85.3 Å². The Bertz CT molecular complexity index is 342. The number of alkyl carbamates (subject to hydrolysis) is 1. The van der Waals surface area contributed by atoms with Crippen LogP contribution in [0.25, 0.3) is 0 Å². The Kier molecular flexibility index (Phi) is 7.17. The summed E-state index contributed by atoms with van der Waals surface area (Å²) in [5.41, 5.74) is -0.00603. The van der Waals surface area contributed by atoms with Crippen molar-refractivity contribution in [1.82, 2.24) is 10.6 Å². The van der Waals surface area contributed by atoms with E-state index < -0.39 is 5.60 Å². The Hall–Kier alpha value is -0.770. The molecule has 0 aromatic carbocycles. The predicted molar refractivity (Wildman–Crippen MR) is 92.1 cm³/mol. The molecule has 0 aromatic heterocycles. The van der Waals surface area contributed by atoms with Gasteiger partial charge in [-0.3, -0.25) is 0 Å². The van der Waals surface area contributed by atoms with Crippen molar-refractivity contribution in [3.05, 3.63) is 0 Å². The summed E-state index contributed by atoms with van der Waals surface area (Å²) in [5.74, 6) is 0.833. The summed E-state index contributed by atoms with van der Waals surface area (Å²) < 4.78 is 5.22. The molecule has 2 N–H and O–H groups in total. The summed E-state index contributed by atoms with van der Waals surface area (Å²) in [7, 11) is 0. The maximum Gasteiger partial charge on any atom is 0.407 e. The third-order valence-electron chi connectivity index (χ3n) is 4.42. The predicted octanol–water partition coefficient (Wildman–Crippen LogP) is 4.10. The Labute approximate surface area is 136 Å². The number of hydrogen-bond acceptors (Lipinski definition) is 3. The SMILES string of the molecule is CC(C)(C)OC(=O)NCCNC1CCCC(C(C)(C)C)CC1. The van der Waals surface area contributed by atoms with Crippen LogP contribution in [0, 0.1) is 11.3 Å². The third kappa shape index (κ3) is 8.02. The van der Waals surface area contributed by atoms with Gasteiger partial charge in [0.25, 0.3) is 0 Å². The molecule has 0 aromatic rings. The monoisotopic (exact) mass is 312 g/mol. The second kappa shape index (κ2) is 8.19.